The number of nitrogens with zero attached hydrogens (tertiary/aromatic N) is 2. The molecule has 0 aromatic carbocycles. The normalized spacial score (nSPS) is 10.8. The minimum atomic E-state index is -0.111. The molecule has 122 valence electrons. The van der Waals surface area contributed by atoms with Gasteiger partial charge in [-0.2, -0.15) is 0 Å². The summed E-state index contributed by atoms with van der Waals surface area (Å²) in [6, 6.07) is 12.3. The first-order chi connectivity index (χ1) is 11.3. The number of hydrogen-bond donors (Lipinski definition) is 0. The topological polar surface area (TPSA) is 25.8 Å². The molecule has 0 aliphatic rings. The summed E-state index contributed by atoms with van der Waals surface area (Å²) in [6.07, 6.45) is 9.93. The van der Waals surface area contributed by atoms with E-state index in [-0.39, 0.29) is 7.92 Å². The number of aromatic nitrogens is 2. The van der Waals surface area contributed by atoms with E-state index in [2.05, 4.69) is 55.0 Å². The largest absolute Gasteiger partial charge is 0.256 e. The monoisotopic (exact) mass is 326 g/mol. The van der Waals surface area contributed by atoms with E-state index in [0.29, 0.717) is 0 Å². The van der Waals surface area contributed by atoms with Gasteiger partial charge >= 0.3 is 0 Å². The van der Waals surface area contributed by atoms with E-state index < -0.39 is 0 Å². The van der Waals surface area contributed by atoms with Gasteiger partial charge in [-0.05, 0) is 48.3 Å². The lowest BCUT2D eigenvalue weighted by molar-refractivity contribution is 1.04. The standard InChI is InChI=1S/C20H27N2P/c1-4-15-23(16-5-2)19(6-3)20(17-11-7-9-13-21-17)18-12-8-10-14-22-18/h7-14H,4-6,15-16H2,1-3H3. The highest BCUT2D eigenvalue weighted by Crippen LogP contribution is 2.51. The van der Waals surface area contributed by atoms with Crippen LogP contribution in [0.2, 0.25) is 0 Å². The molecule has 2 aromatic heterocycles. The van der Waals surface area contributed by atoms with Crippen molar-refractivity contribution in [3.63, 3.8) is 0 Å². The Hall–Kier alpha value is -1.53. The zero-order chi connectivity index (χ0) is 16.5. The summed E-state index contributed by atoms with van der Waals surface area (Å²) in [4.78, 5) is 9.28. The quantitative estimate of drug-likeness (QED) is 0.560. The molecule has 23 heavy (non-hydrogen) atoms. The highest BCUT2D eigenvalue weighted by Gasteiger charge is 2.19. The van der Waals surface area contributed by atoms with Crippen molar-refractivity contribution in [1.29, 1.82) is 0 Å². The second-order valence-corrected chi connectivity index (χ2v) is 8.11. The van der Waals surface area contributed by atoms with Crippen LogP contribution in [0.3, 0.4) is 0 Å². The summed E-state index contributed by atoms with van der Waals surface area (Å²) in [5, 5.41) is 1.57. The third-order valence-electron chi connectivity index (χ3n) is 3.83. The molecule has 0 radical (unpaired) electrons. The van der Waals surface area contributed by atoms with E-state index >= 15 is 0 Å². The third kappa shape index (κ3) is 4.72. The first-order valence-electron chi connectivity index (χ1n) is 8.62. The van der Waals surface area contributed by atoms with E-state index in [1.54, 1.807) is 5.31 Å². The Morgan fingerprint density at radius 2 is 1.35 bits per heavy atom. The van der Waals surface area contributed by atoms with Crippen LogP contribution in [0, 0.1) is 0 Å². The van der Waals surface area contributed by atoms with E-state index in [1.807, 2.05) is 24.5 Å². The van der Waals surface area contributed by atoms with Gasteiger partial charge in [-0.25, -0.2) is 0 Å². The first kappa shape index (κ1) is 17.8. The number of rotatable bonds is 8. The van der Waals surface area contributed by atoms with Crippen LogP contribution in [0.5, 0.6) is 0 Å². The molecule has 0 bridgehead atoms. The van der Waals surface area contributed by atoms with E-state index in [4.69, 9.17) is 0 Å². The van der Waals surface area contributed by atoms with Gasteiger partial charge in [-0.15, -0.1) is 0 Å². The third-order valence-corrected chi connectivity index (χ3v) is 7.11. The minimum Gasteiger partial charge on any atom is -0.256 e. The van der Waals surface area contributed by atoms with Gasteiger partial charge in [0.05, 0.1) is 11.4 Å². The molecule has 0 amide bonds. The molecule has 0 atom stereocenters. The van der Waals surface area contributed by atoms with Gasteiger partial charge in [0.1, 0.15) is 0 Å². The van der Waals surface area contributed by atoms with Crippen LogP contribution in [-0.4, -0.2) is 22.3 Å². The summed E-state index contributed by atoms with van der Waals surface area (Å²) in [7, 11) is -0.111. The average Bonchev–Trinajstić information content (AvgIpc) is 2.61. The van der Waals surface area contributed by atoms with Crippen LogP contribution in [0.4, 0.5) is 0 Å². The Morgan fingerprint density at radius 1 is 0.826 bits per heavy atom. The minimum absolute atomic E-state index is 0.111. The molecule has 0 spiro atoms. The second-order valence-electron chi connectivity index (χ2n) is 5.59. The zero-order valence-corrected chi connectivity index (χ0v) is 15.4. The van der Waals surface area contributed by atoms with Gasteiger partial charge in [-0.1, -0.05) is 53.7 Å². The maximum atomic E-state index is 4.64. The molecule has 0 saturated carbocycles. The van der Waals surface area contributed by atoms with Crippen molar-refractivity contribution in [3.8, 4) is 0 Å². The fraction of sp³-hybridized carbons (Fsp3) is 0.400. The molecule has 2 rings (SSSR count). The van der Waals surface area contributed by atoms with Gasteiger partial charge in [0, 0.05) is 18.0 Å². The van der Waals surface area contributed by atoms with Crippen LogP contribution in [-0.2, 0) is 0 Å². The lowest BCUT2D eigenvalue weighted by atomic mass is 10.1. The average molecular weight is 326 g/mol. The fourth-order valence-electron chi connectivity index (χ4n) is 2.93. The van der Waals surface area contributed by atoms with Crippen molar-refractivity contribution in [3.05, 3.63) is 65.5 Å². The summed E-state index contributed by atoms with van der Waals surface area (Å²) >= 11 is 0. The van der Waals surface area contributed by atoms with Crippen molar-refractivity contribution >= 4 is 13.5 Å². The number of hydrogen-bond acceptors (Lipinski definition) is 2. The van der Waals surface area contributed by atoms with Crippen molar-refractivity contribution in [1.82, 2.24) is 9.97 Å². The molecular weight excluding hydrogens is 299 g/mol. The Bertz CT molecular complexity index is 561. The summed E-state index contributed by atoms with van der Waals surface area (Å²) in [5.74, 6) is 0. The molecule has 0 saturated heterocycles. The molecular formula is C20H27N2P. The molecule has 0 aliphatic heterocycles. The second kappa shape index (κ2) is 9.57. The molecule has 0 fully saturated rings. The highest BCUT2D eigenvalue weighted by atomic mass is 31.1. The van der Waals surface area contributed by atoms with Crippen molar-refractivity contribution in [2.75, 3.05) is 12.3 Å². The number of allylic oxidation sites excluding steroid dienone is 1. The maximum Gasteiger partial charge on any atom is 0.0726 e. The van der Waals surface area contributed by atoms with Crippen LogP contribution in [0.25, 0.3) is 5.57 Å². The fourth-order valence-corrected chi connectivity index (χ4v) is 5.76. The maximum absolute atomic E-state index is 4.64. The summed E-state index contributed by atoms with van der Waals surface area (Å²) in [5.41, 5.74) is 3.38. The summed E-state index contributed by atoms with van der Waals surface area (Å²) < 4.78 is 0. The van der Waals surface area contributed by atoms with Gasteiger partial charge in [0.2, 0.25) is 0 Å². The summed E-state index contributed by atoms with van der Waals surface area (Å²) in [6.45, 7) is 6.86. The smallest absolute Gasteiger partial charge is 0.0726 e. The molecule has 2 nitrogen and oxygen atoms in total. The van der Waals surface area contributed by atoms with E-state index in [0.717, 1.165) is 17.8 Å². The predicted octanol–water partition coefficient (Wildman–Crippen LogP) is 5.95. The van der Waals surface area contributed by atoms with Crippen LogP contribution >= 0.6 is 7.92 Å². The molecule has 3 heteroatoms. The Labute approximate surface area is 141 Å². The lowest BCUT2D eigenvalue weighted by Crippen LogP contribution is -2.01. The van der Waals surface area contributed by atoms with Crippen molar-refractivity contribution in [2.24, 2.45) is 0 Å². The highest BCUT2D eigenvalue weighted by molar-refractivity contribution is 7.62. The molecule has 0 N–H and O–H groups in total. The van der Waals surface area contributed by atoms with Crippen LogP contribution < -0.4 is 0 Å². The molecule has 2 heterocycles. The lowest BCUT2D eigenvalue weighted by Gasteiger charge is -2.23. The van der Waals surface area contributed by atoms with Crippen molar-refractivity contribution in [2.45, 2.75) is 40.0 Å². The molecule has 0 unspecified atom stereocenters. The Kier molecular flexibility index (Phi) is 7.42. The van der Waals surface area contributed by atoms with Gasteiger partial charge in [0.25, 0.3) is 0 Å². The number of pyridine rings is 2. The van der Waals surface area contributed by atoms with Crippen molar-refractivity contribution < 1.29 is 0 Å². The van der Waals surface area contributed by atoms with E-state index in [9.17, 15) is 0 Å². The predicted molar refractivity (Wildman–Crippen MR) is 102 cm³/mol. The Balaban J connectivity index is 2.61. The van der Waals surface area contributed by atoms with E-state index in [1.165, 1.54) is 30.7 Å². The Morgan fingerprint density at radius 3 is 1.70 bits per heavy atom. The van der Waals surface area contributed by atoms with Crippen LogP contribution in [0.15, 0.2) is 54.1 Å². The van der Waals surface area contributed by atoms with Gasteiger partial charge in [-0.3, -0.25) is 9.97 Å². The van der Waals surface area contributed by atoms with Crippen LogP contribution in [0.1, 0.15) is 51.4 Å². The SMILES string of the molecule is CCCP(CCC)C(CC)=C(c1ccccn1)c1ccccn1. The molecule has 0 aliphatic carbocycles. The molecule has 2 aromatic rings. The first-order valence-corrected chi connectivity index (χ1v) is 10.3. The van der Waals surface area contributed by atoms with Gasteiger partial charge in [0.15, 0.2) is 0 Å². The zero-order valence-electron chi connectivity index (χ0n) is 14.5. The van der Waals surface area contributed by atoms with Gasteiger partial charge < -0.3 is 0 Å².